The molecule has 0 spiro atoms. The van der Waals surface area contributed by atoms with Crippen molar-refractivity contribution >= 4 is 11.5 Å². The quantitative estimate of drug-likeness (QED) is 0.428. The van der Waals surface area contributed by atoms with Crippen LogP contribution in [0.1, 0.15) is 5.56 Å². The van der Waals surface area contributed by atoms with Crippen molar-refractivity contribution in [3.63, 3.8) is 0 Å². The maximum Gasteiger partial charge on any atom is 0.157 e. The Kier molecular flexibility index (Phi) is 3.62. The molecule has 0 aromatic carbocycles. The predicted octanol–water partition coefficient (Wildman–Crippen LogP) is -1.78. The molecule has 4 atom stereocenters. The van der Waals surface area contributed by atoms with Crippen LogP contribution < -0.4 is 11.1 Å². The lowest BCUT2D eigenvalue weighted by Gasteiger charge is -2.18. The van der Waals surface area contributed by atoms with Gasteiger partial charge in [0, 0.05) is 5.56 Å². The number of aliphatic hydroxyl groups excluding tert-OH is 3. The molecule has 0 saturated carbocycles. The van der Waals surface area contributed by atoms with Gasteiger partial charge in [-0.3, -0.25) is 0 Å². The molecule has 1 aromatic heterocycles. The van der Waals surface area contributed by atoms with Crippen LogP contribution in [0, 0.1) is 6.92 Å². The molecule has 100 valence electrons. The second-order valence-corrected chi connectivity index (χ2v) is 4.17. The largest absolute Gasteiger partial charge is 0.394 e. The summed E-state index contributed by atoms with van der Waals surface area (Å²) in [4.78, 5) is 0. The third-order valence-electron chi connectivity index (χ3n) is 2.98. The Labute approximate surface area is 103 Å². The van der Waals surface area contributed by atoms with Gasteiger partial charge in [-0.2, -0.15) is 5.10 Å². The molecule has 1 aliphatic heterocycles. The highest BCUT2D eigenvalue weighted by Crippen LogP contribution is 2.25. The van der Waals surface area contributed by atoms with Gasteiger partial charge in [0.2, 0.25) is 0 Å². The molecule has 0 bridgehead atoms. The fourth-order valence-electron chi connectivity index (χ4n) is 1.78. The number of aliphatic hydroxyl groups is 3. The third kappa shape index (κ3) is 2.23. The van der Waals surface area contributed by atoms with Crippen LogP contribution in [-0.4, -0.2) is 56.7 Å². The normalized spacial score (nSPS) is 31.6. The number of rotatable bonds is 3. The lowest BCUT2D eigenvalue weighted by molar-refractivity contribution is -0.0153. The van der Waals surface area contributed by atoms with Gasteiger partial charge in [-0.05, 0) is 6.92 Å². The van der Waals surface area contributed by atoms with Gasteiger partial charge < -0.3 is 31.1 Å². The second kappa shape index (κ2) is 5.02. The Hall–Kier alpha value is -1.48. The van der Waals surface area contributed by atoms with E-state index in [0.29, 0.717) is 11.3 Å². The van der Waals surface area contributed by atoms with Crippen LogP contribution in [0.5, 0.6) is 0 Å². The summed E-state index contributed by atoms with van der Waals surface area (Å²) in [5.74, 6) is 0.270. The van der Waals surface area contributed by atoms with Gasteiger partial charge in [0.15, 0.2) is 12.0 Å². The van der Waals surface area contributed by atoms with Crippen molar-refractivity contribution in [2.75, 3.05) is 17.7 Å². The van der Waals surface area contributed by atoms with Crippen LogP contribution in [0.2, 0.25) is 0 Å². The molecule has 0 unspecified atom stereocenters. The van der Waals surface area contributed by atoms with Gasteiger partial charge in [-0.25, -0.2) is 0 Å². The summed E-state index contributed by atoms with van der Waals surface area (Å²) in [5, 5.41) is 38.6. The van der Waals surface area contributed by atoms with E-state index in [0.717, 1.165) is 0 Å². The first-order valence-corrected chi connectivity index (χ1v) is 5.51. The van der Waals surface area contributed by atoms with E-state index in [1.54, 1.807) is 6.92 Å². The van der Waals surface area contributed by atoms with Crippen LogP contribution in [-0.2, 0) is 4.74 Å². The molecule has 8 heteroatoms. The number of hydrogen-bond donors (Lipinski definition) is 5. The number of nitrogens with zero attached hydrogens (tertiary/aromatic N) is 2. The van der Waals surface area contributed by atoms with Crippen molar-refractivity contribution in [1.29, 1.82) is 0 Å². The van der Waals surface area contributed by atoms with Gasteiger partial charge >= 0.3 is 0 Å². The molecule has 8 nitrogen and oxygen atoms in total. The van der Waals surface area contributed by atoms with Crippen LogP contribution in [0.25, 0.3) is 0 Å². The second-order valence-electron chi connectivity index (χ2n) is 4.17. The van der Waals surface area contributed by atoms with Crippen molar-refractivity contribution in [3.8, 4) is 0 Å². The van der Waals surface area contributed by atoms with Crippen molar-refractivity contribution in [3.05, 3.63) is 11.8 Å². The Morgan fingerprint density at radius 2 is 2.17 bits per heavy atom. The summed E-state index contributed by atoms with van der Waals surface area (Å²) in [7, 11) is 0. The number of ether oxygens (including phenoxy) is 1. The first kappa shape index (κ1) is 13.0. The fourth-order valence-corrected chi connectivity index (χ4v) is 1.78. The SMILES string of the molecule is Cc1c(N[C@@H]2O[C@H](CO)[C@@H](O)[C@H]2O)cnnc1N. The van der Waals surface area contributed by atoms with Crippen LogP contribution in [0.4, 0.5) is 11.5 Å². The van der Waals surface area contributed by atoms with E-state index in [1.165, 1.54) is 6.20 Å². The number of anilines is 2. The monoisotopic (exact) mass is 256 g/mol. The summed E-state index contributed by atoms with van der Waals surface area (Å²) in [6.07, 6.45) is -2.49. The van der Waals surface area contributed by atoms with Crippen molar-refractivity contribution < 1.29 is 20.1 Å². The van der Waals surface area contributed by atoms with E-state index in [9.17, 15) is 10.2 Å². The van der Waals surface area contributed by atoms with E-state index in [-0.39, 0.29) is 12.4 Å². The number of hydrogen-bond acceptors (Lipinski definition) is 8. The maximum atomic E-state index is 9.76. The highest BCUT2D eigenvalue weighted by Gasteiger charge is 2.42. The first-order valence-electron chi connectivity index (χ1n) is 5.51. The topological polar surface area (TPSA) is 134 Å². The first-order chi connectivity index (χ1) is 8.54. The van der Waals surface area contributed by atoms with Gasteiger partial charge in [0.05, 0.1) is 18.5 Å². The summed E-state index contributed by atoms with van der Waals surface area (Å²) in [6.45, 7) is 1.37. The number of nitrogen functional groups attached to an aromatic ring is 1. The highest BCUT2D eigenvalue weighted by atomic mass is 16.6. The Balaban J connectivity index is 2.13. The van der Waals surface area contributed by atoms with E-state index < -0.39 is 24.5 Å². The Morgan fingerprint density at radius 1 is 1.44 bits per heavy atom. The summed E-state index contributed by atoms with van der Waals surface area (Å²) >= 11 is 0. The van der Waals surface area contributed by atoms with E-state index in [2.05, 4.69) is 15.5 Å². The smallest absolute Gasteiger partial charge is 0.157 e. The minimum absolute atomic E-state index is 0.270. The zero-order valence-corrected chi connectivity index (χ0v) is 9.82. The molecule has 2 rings (SSSR count). The van der Waals surface area contributed by atoms with Gasteiger partial charge in [0.25, 0.3) is 0 Å². The lowest BCUT2D eigenvalue weighted by atomic mass is 10.1. The lowest BCUT2D eigenvalue weighted by Crippen LogP contribution is -2.36. The summed E-state index contributed by atoms with van der Waals surface area (Å²) < 4.78 is 5.28. The predicted molar refractivity (Wildman–Crippen MR) is 62.6 cm³/mol. The van der Waals surface area contributed by atoms with E-state index in [4.69, 9.17) is 15.6 Å². The minimum Gasteiger partial charge on any atom is -0.394 e. The number of nitrogens with two attached hydrogens (primary N) is 1. The number of aromatic nitrogens is 2. The zero-order chi connectivity index (χ0) is 13.3. The average molecular weight is 256 g/mol. The fraction of sp³-hybridized carbons (Fsp3) is 0.600. The molecule has 1 aliphatic rings. The average Bonchev–Trinajstić information content (AvgIpc) is 2.63. The van der Waals surface area contributed by atoms with Crippen LogP contribution in [0.3, 0.4) is 0 Å². The Morgan fingerprint density at radius 3 is 2.78 bits per heavy atom. The van der Waals surface area contributed by atoms with E-state index in [1.807, 2.05) is 0 Å². The van der Waals surface area contributed by atoms with Crippen LogP contribution in [0.15, 0.2) is 6.20 Å². The molecule has 18 heavy (non-hydrogen) atoms. The molecule has 1 fully saturated rings. The van der Waals surface area contributed by atoms with Gasteiger partial charge in [-0.1, -0.05) is 0 Å². The number of nitrogens with one attached hydrogen (secondary N) is 1. The summed E-state index contributed by atoms with van der Waals surface area (Å²) in [5.41, 5.74) is 6.83. The summed E-state index contributed by atoms with van der Waals surface area (Å²) in [6, 6.07) is 0. The zero-order valence-electron chi connectivity index (χ0n) is 9.82. The molecule has 0 amide bonds. The molecule has 1 aromatic rings. The van der Waals surface area contributed by atoms with Crippen molar-refractivity contribution in [1.82, 2.24) is 10.2 Å². The molecular weight excluding hydrogens is 240 g/mol. The molecule has 1 saturated heterocycles. The molecule has 0 radical (unpaired) electrons. The molecule has 0 aliphatic carbocycles. The highest BCUT2D eigenvalue weighted by molar-refractivity contribution is 5.57. The maximum absolute atomic E-state index is 9.76. The van der Waals surface area contributed by atoms with Crippen molar-refractivity contribution in [2.24, 2.45) is 0 Å². The van der Waals surface area contributed by atoms with Crippen molar-refractivity contribution in [2.45, 2.75) is 31.5 Å². The standard InChI is InChI=1S/C10H16N4O4/c1-4-5(2-12-14-9(4)11)13-10-8(17)7(16)6(3-15)18-10/h2,6-8,10,15-17H,3H2,1H3,(H3,11,13,14)/t6-,7-,8-,10-/m1/s1. The van der Waals surface area contributed by atoms with E-state index >= 15 is 0 Å². The molecule has 2 heterocycles. The third-order valence-corrected chi connectivity index (χ3v) is 2.98. The van der Waals surface area contributed by atoms with Gasteiger partial charge in [0.1, 0.15) is 18.3 Å². The minimum atomic E-state index is -1.14. The van der Waals surface area contributed by atoms with Crippen LogP contribution >= 0.6 is 0 Å². The molecular formula is C10H16N4O4. The Bertz CT molecular complexity index is 430. The van der Waals surface area contributed by atoms with Gasteiger partial charge in [-0.15, -0.1) is 5.10 Å². The molecule has 6 N–H and O–H groups in total.